The van der Waals surface area contributed by atoms with Gasteiger partial charge in [-0.3, -0.25) is 0 Å². The Morgan fingerprint density at radius 2 is 1.93 bits per heavy atom. The molecule has 1 aromatic rings. The highest BCUT2D eigenvalue weighted by Crippen LogP contribution is 2.28. The van der Waals surface area contributed by atoms with Gasteiger partial charge in [0.05, 0.1) is 0 Å². The van der Waals surface area contributed by atoms with Gasteiger partial charge >= 0.3 is 0 Å². The Labute approximate surface area is 99.0 Å². The number of halogens is 1. The third-order valence-corrected chi connectivity index (χ3v) is 3.12. The molecule has 0 radical (unpaired) electrons. The number of nitrogens with one attached hydrogen (secondary N) is 2. The zero-order valence-corrected chi connectivity index (χ0v) is 11.1. The SMILES string of the molecule is CCC(C)(C)Nc1ncnc(NC)c1Br. The quantitative estimate of drug-likeness (QED) is 0.885. The molecule has 84 valence electrons. The van der Waals surface area contributed by atoms with E-state index in [2.05, 4.69) is 57.3 Å². The van der Waals surface area contributed by atoms with E-state index in [0.717, 1.165) is 22.5 Å². The number of aromatic nitrogens is 2. The molecule has 4 nitrogen and oxygen atoms in total. The van der Waals surface area contributed by atoms with Crippen molar-refractivity contribution in [2.45, 2.75) is 32.7 Å². The lowest BCUT2D eigenvalue weighted by Crippen LogP contribution is -2.30. The van der Waals surface area contributed by atoms with Crippen molar-refractivity contribution in [2.75, 3.05) is 17.7 Å². The molecule has 1 heterocycles. The van der Waals surface area contributed by atoms with Crippen LogP contribution in [-0.2, 0) is 0 Å². The van der Waals surface area contributed by atoms with Crippen molar-refractivity contribution in [1.82, 2.24) is 9.97 Å². The van der Waals surface area contributed by atoms with E-state index in [1.807, 2.05) is 7.05 Å². The summed E-state index contributed by atoms with van der Waals surface area (Å²) in [6.07, 6.45) is 2.57. The van der Waals surface area contributed by atoms with Crippen molar-refractivity contribution < 1.29 is 0 Å². The van der Waals surface area contributed by atoms with Crippen LogP contribution in [0, 0.1) is 0 Å². The summed E-state index contributed by atoms with van der Waals surface area (Å²) in [5, 5.41) is 6.37. The van der Waals surface area contributed by atoms with Gasteiger partial charge < -0.3 is 10.6 Å². The van der Waals surface area contributed by atoms with E-state index in [4.69, 9.17) is 0 Å². The molecule has 0 amide bonds. The molecule has 1 rings (SSSR count). The predicted octanol–water partition coefficient (Wildman–Crippen LogP) is 2.88. The van der Waals surface area contributed by atoms with Crippen LogP contribution in [-0.4, -0.2) is 22.6 Å². The molecular weight excluding hydrogens is 256 g/mol. The second kappa shape index (κ2) is 4.79. The van der Waals surface area contributed by atoms with Crippen LogP contribution in [0.5, 0.6) is 0 Å². The minimum absolute atomic E-state index is 0.0296. The zero-order valence-electron chi connectivity index (χ0n) is 9.56. The maximum Gasteiger partial charge on any atom is 0.146 e. The standard InChI is InChI=1S/C10H17BrN4/c1-5-10(2,3)15-9-7(11)8(12-4)13-6-14-9/h6H,5H2,1-4H3,(H2,12,13,14,15). The summed E-state index contributed by atoms with van der Waals surface area (Å²) in [7, 11) is 1.84. The summed E-state index contributed by atoms with van der Waals surface area (Å²) in [6, 6.07) is 0. The molecule has 0 saturated heterocycles. The smallest absolute Gasteiger partial charge is 0.146 e. The van der Waals surface area contributed by atoms with Gasteiger partial charge in [-0.25, -0.2) is 9.97 Å². The largest absolute Gasteiger partial charge is 0.372 e. The minimum Gasteiger partial charge on any atom is -0.372 e. The van der Waals surface area contributed by atoms with Crippen molar-refractivity contribution in [3.8, 4) is 0 Å². The molecule has 0 aromatic carbocycles. The topological polar surface area (TPSA) is 49.8 Å². The first-order valence-electron chi connectivity index (χ1n) is 4.96. The molecule has 2 N–H and O–H groups in total. The van der Waals surface area contributed by atoms with E-state index in [1.165, 1.54) is 0 Å². The fraction of sp³-hybridized carbons (Fsp3) is 0.600. The lowest BCUT2D eigenvalue weighted by Gasteiger charge is -2.25. The normalized spacial score (nSPS) is 11.3. The number of rotatable bonds is 4. The van der Waals surface area contributed by atoms with E-state index in [9.17, 15) is 0 Å². The average molecular weight is 273 g/mol. The van der Waals surface area contributed by atoms with Gasteiger partial charge in [0.25, 0.3) is 0 Å². The lowest BCUT2D eigenvalue weighted by atomic mass is 10.0. The Morgan fingerprint density at radius 1 is 1.33 bits per heavy atom. The average Bonchev–Trinajstić information content (AvgIpc) is 2.21. The number of hydrogen-bond acceptors (Lipinski definition) is 4. The molecule has 0 saturated carbocycles. The van der Waals surface area contributed by atoms with Crippen LogP contribution < -0.4 is 10.6 Å². The number of nitrogens with zero attached hydrogens (tertiary/aromatic N) is 2. The van der Waals surface area contributed by atoms with Crippen molar-refractivity contribution in [1.29, 1.82) is 0 Å². The Kier molecular flexibility index (Phi) is 3.90. The maximum atomic E-state index is 4.21. The van der Waals surface area contributed by atoms with Gasteiger partial charge in [0.1, 0.15) is 22.4 Å². The molecule has 0 spiro atoms. The molecule has 15 heavy (non-hydrogen) atoms. The van der Waals surface area contributed by atoms with Crippen molar-refractivity contribution in [3.05, 3.63) is 10.8 Å². The Morgan fingerprint density at radius 3 is 2.47 bits per heavy atom. The highest BCUT2D eigenvalue weighted by molar-refractivity contribution is 9.10. The molecule has 5 heteroatoms. The first-order valence-corrected chi connectivity index (χ1v) is 5.76. The minimum atomic E-state index is 0.0296. The summed E-state index contributed by atoms with van der Waals surface area (Å²) in [5.41, 5.74) is 0.0296. The Balaban J connectivity index is 2.95. The van der Waals surface area contributed by atoms with Crippen LogP contribution in [0.3, 0.4) is 0 Å². The van der Waals surface area contributed by atoms with Crippen LogP contribution in [0.25, 0.3) is 0 Å². The van der Waals surface area contributed by atoms with Crippen molar-refractivity contribution >= 4 is 27.6 Å². The summed E-state index contributed by atoms with van der Waals surface area (Å²) in [4.78, 5) is 8.32. The third-order valence-electron chi connectivity index (χ3n) is 2.37. The maximum absolute atomic E-state index is 4.21. The van der Waals surface area contributed by atoms with E-state index in [0.29, 0.717) is 0 Å². The summed E-state index contributed by atoms with van der Waals surface area (Å²) in [5.74, 6) is 1.61. The second-order valence-electron chi connectivity index (χ2n) is 4.00. The molecule has 0 aliphatic carbocycles. The molecule has 0 aliphatic rings. The van der Waals surface area contributed by atoms with Gasteiger partial charge in [0, 0.05) is 12.6 Å². The first-order chi connectivity index (χ1) is 7.00. The molecular formula is C10H17BrN4. The zero-order chi connectivity index (χ0) is 11.5. The van der Waals surface area contributed by atoms with Gasteiger partial charge in [-0.2, -0.15) is 0 Å². The highest BCUT2D eigenvalue weighted by Gasteiger charge is 2.17. The van der Waals surface area contributed by atoms with Crippen molar-refractivity contribution in [3.63, 3.8) is 0 Å². The van der Waals surface area contributed by atoms with Gasteiger partial charge in [0.15, 0.2) is 0 Å². The molecule has 0 unspecified atom stereocenters. The third kappa shape index (κ3) is 3.06. The van der Waals surface area contributed by atoms with E-state index in [-0.39, 0.29) is 5.54 Å². The van der Waals surface area contributed by atoms with Gasteiger partial charge in [-0.15, -0.1) is 0 Å². The first kappa shape index (κ1) is 12.2. The molecule has 1 aromatic heterocycles. The fourth-order valence-electron chi connectivity index (χ4n) is 1.04. The molecule has 0 aliphatic heterocycles. The van der Waals surface area contributed by atoms with Crippen LogP contribution >= 0.6 is 15.9 Å². The van der Waals surface area contributed by atoms with Gasteiger partial charge in [-0.05, 0) is 36.2 Å². The summed E-state index contributed by atoms with van der Waals surface area (Å²) >= 11 is 3.47. The monoisotopic (exact) mass is 272 g/mol. The lowest BCUT2D eigenvalue weighted by molar-refractivity contribution is 0.544. The second-order valence-corrected chi connectivity index (χ2v) is 4.79. The Hall–Kier alpha value is -0.840. The van der Waals surface area contributed by atoms with E-state index < -0.39 is 0 Å². The van der Waals surface area contributed by atoms with E-state index in [1.54, 1.807) is 6.33 Å². The number of anilines is 2. The highest BCUT2D eigenvalue weighted by atomic mass is 79.9. The molecule has 0 atom stereocenters. The van der Waals surface area contributed by atoms with E-state index >= 15 is 0 Å². The van der Waals surface area contributed by atoms with Gasteiger partial charge in [0.2, 0.25) is 0 Å². The van der Waals surface area contributed by atoms with Gasteiger partial charge in [-0.1, -0.05) is 6.92 Å². The molecule has 0 fully saturated rings. The van der Waals surface area contributed by atoms with Crippen LogP contribution in [0.15, 0.2) is 10.8 Å². The van der Waals surface area contributed by atoms with Crippen LogP contribution in [0.4, 0.5) is 11.6 Å². The summed E-state index contributed by atoms with van der Waals surface area (Å²) in [6.45, 7) is 6.42. The van der Waals surface area contributed by atoms with Crippen molar-refractivity contribution in [2.24, 2.45) is 0 Å². The predicted molar refractivity (Wildman–Crippen MR) is 67.3 cm³/mol. The number of hydrogen-bond donors (Lipinski definition) is 2. The fourth-order valence-corrected chi connectivity index (χ4v) is 1.54. The van der Waals surface area contributed by atoms with Crippen LogP contribution in [0.2, 0.25) is 0 Å². The van der Waals surface area contributed by atoms with Crippen LogP contribution in [0.1, 0.15) is 27.2 Å². The Bertz CT molecular complexity index is 338. The molecule has 0 bridgehead atoms. The summed E-state index contributed by atoms with van der Waals surface area (Å²) < 4.78 is 0.869.